The van der Waals surface area contributed by atoms with Gasteiger partial charge in [-0.3, -0.25) is 13.9 Å². The quantitative estimate of drug-likeness (QED) is 0.716. The molecule has 1 N–H and O–H groups in total. The zero-order chi connectivity index (χ0) is 22.2. The highest BCUT2D eigenvalue weighted by atomic mass is 32.2. The molecule has 1 aromatic heterocycles. The highest BCUT2D eigenvalue weighted by Crippen LogP contribution is 2.31. The van der Waals surface area contributed by atoms with Crippen LogP contribution in [0.4, 0.5) is 5.69 Å². The van der Waals surface area contributed by atoms with E-state index >= 15 is 0 Å². The fourth-order valence-electron chi connectivity index (χ4n) is 4.30. The van der Waals surface area contributed by atoms with Crippen molar-refractivity contribution in [2.75, 3.05) is 23.7 Å². The van der Waals surface area contributed by atoms with Gasteiger partial charge >= 0.3 is 0 Å². The molecule has 2 aromatic rings. The van der Waals surface area contributed by atoms with Gasteiger partial charge in [-0.05, 0) is 60.0 Å². The number of fused-ring (bicyclic) bond motifs is 2. The molecule has 1 atom stereocenters. The second kappa shape index (κ2) is 8.63. The van der Waals surface area contributed by atoms with Crippen molar-refractivity contribution in [1.82, 2.24) is 10.2 Å². The minimum atomic E-state index is -3.33. The molecular weight excluding hydrogens is 434 g/mol. The number of nitrogens with zero attached hydrogens (tertiary/aromatic N) is 2. The molecule has 4 rings (SSSR count). The Kier molecular flexibility index (Phi) is 6.07. The molecule has 2 aliphatic heterocycles. The van der Waals surface area contributed by atoms with Crippen molar-refractivity contribution in [2.45, 2.75) is 45.2 Å². The summed E-state index contributed by atoms with van der Waals surface area (Å²) in [7, 11) is -3.33. The van der Waals surface area contributed by atoms with Crippen LogP contribution in [0.1, 0.15) is 46.1 Å². The van der Waals surface area contributed by atoms with E-state index in [-0.39, 0.29) is 11.8 Å². The Morgan fingerprint density at radius 3 is 2.71 bits per heavy atom. The molecule has 31 heavy (non-hydrogen) atoms. The molecule has 2 aliphatic rings. The summed E-state index contributed by atoms with van der Waals surface area (Å²) in [6.45, 7) is 3.64. The molecule has 0 saturated heterocycles. The molecule has 0 bridgehead atoms. The van der Waals surface area contributed by atoms with Gasteiger partial charge < -0.3 is 10.2 Å². The maximum absolute atomic E-state index is 13.2. The monoisotopic (exact) mass is 461 g/mol. The number of rotatable bonds is 6. The molecule has 2 amide bonds. The van der Waals surface area contributed by atoms with Crippen LogP contribution in [0.3, 0.4) is 0 Å². The molecule has 1 unspecified atom stereocenters. The van der Waals surface area contributed by atoms with Crippen molar-refractivity contribution in [1.29, 1.82) is 0 Å². The number of hydrogen-bond acceptors (Lipinski definition) is 5. The molecule has 3 heterocycles. The van der Waals surface area contributed by atoms with Crippen LogP contribution in [0.25, 0.3) is 0 Å². The van der Waals surface area contributed by atoms with Crippen molar-refractivity contribution in [3.63, 3.8) is 0 Å². The van der Waals surface area contributed by atoms with Gasteiger partial charge in [0.05, 0.1) is 11.9 Å². The first-order chi connectivity index (χ1) is 14.8. The van der Waals surface area contributed by atoms with Crippen LogP contribution in [0.2, 0.25) is 0 Å². The molecule has 1 aromatic carbocycles. The van der Waals surface area contributed by atoms with Crippen LogP contribution in [0.5, 0.6) is 0 Å². The van der Waals surface area contributed by atoms with Crippen molar-refractivity contribution in [3.05, 3.63) is 51.2 Å². The molecule has 0 radical (unpaired) electrons. The Morgan fingerprint density at radius 1 is 1.16 bits per heavy atom. The van der Waals surface area contributed by atoms with E-state index in [4.69, 9.17) is 0 Å². The van der Waals surface area contributed by atoms with Gasteiger partial charge in [-0.2, -0.15) is 0 Å². The topological polar surface area (TPSA) is 86.8 Å². The summed E-state index contributed by atoms with van der Waals surface area (Å²) in [5, 5.41) is 4.98. The Morgan fingerprint density at radius 2 is 1.97 bits per heavy atom. The van der Waals surface area contributed by atoms with Crippen LogP contribution in [-0.2, 0) is 34.2 Å². The fourth-order valence-corrected chi connectivity index (χ4v) is 6.15. The lowest BCUT2D eigenvalue weighted by Gasteiger charge is -2.31. The zero-order valence-corrected chi connectivity index (χ0v) is 19.4. The van der Waals surface area contributed by atoms with Crippen LogP contribution in [0, 0.1) is 0 Å². The van der Waals surface area contributed by atoms with Crippen LogP contribution in [-0.4, -0.2) is 50.5 Å². The van der Waals surface area contributed by atoms with Gasteiger partial charge in [-0.15, -0.1) is 11.3 Å². The second-order valence-corrected chi connectivity index (χ2v) is 11.0. The third-order valence-corrected chi connectivity index (χ3v) is 8.10. The van der Waals surface area contributed by atoms with Crippen LogP contribution < -0.4 is 9.62 Å². The van der Waals surface area contributed by atoms with Gasteiger partial charge in [-0.1, -0.05) is 13.3 Å². The minimum Gasteiger partial charge on any atom is -0.340 e. The largest absolute Gasteiger partial charge is 0.340 e. The van der Waals surface area contributed by atoms with E-state index in [2.05, 4.69) is 16.8 Å². The molecule has 9 heteroatoms. The zero-order valence-electron chi connectivity index (χ0n) is 17.8. The van der Waals surface area contributed by atoms with Crippen molar-refractivity contribution in [2.24, 2.45) is 0 Å². The molecule has 0 spiro atoms. The highest BCUT2D eigenvalue weighted by Gasteiger charge is 2.30. The number of carbonyl (C=O) groups excluding carboxylic acids is 2. The molecule has 0 saturated carbocycles. The lowest BCUT2D eigenvalue weighted by Crippen LogP contribution is -2.49. The summed E-state index contributed by atoms with van der Waals surface area (Å²) in [5.74, 6) is -0.350. The molecule has 0 aliphatic carbocycles. The average Bonchev–Trinajstić information content (AvgIpc) is 3.38. The van der Waals surface area contributed by atoms with Gasteiger partial charge in [0, 0.05) is 30.1 Å². The number of amides is 2. The van der Waals surface area contributed by atoms with E-state index in [0.717, 1.165) is 18.4 Å². The van der Waals surface area contributed by atoms with Gasteiger partial charge in [-0.25, -0.2) is 8.42 Å². The smallest absolute Gasteiger partial charge is 0.251 e. The summed E-state index contributed by atoms with van der Waals surface area (Å²) < 4.78 is 25.2. The first-order valence-electron chi connectivity index (χ1n) is 10.5. The van der Waals surface area contributed by atoms with Crippen molar-refractivity contribution < 1.29 is 18.0 Å². The maximum atomic E-state index is 13.2. The summed E-state index contributed by atoms with van der Waals surface area (Å²) in [6, 6.07) is 6.54. The normalized spacial score (nSPS) is 16.6. The molecule has 7 nitrogen and oxygen atoms in total. The van der Waals surface area contributed by atoms with E-state index in [9.17, 15) is 18.0 Å². The fraction of sp³-hybridized carbons (Fsp3) is 0.455. The Bertz CT molecular complexity index is 1110. The summed E-state index contributed by atoms with van der Waals surface area (Å²) in [4.78, 5) is 29.3. The second-order valence-electron chi connectivity index (χ2n) is 8.12. The average molecular weight is 462 g/mol. The van der Waals surface area contributed by atoms with E-state index in [1.807, 2.05) is 11.8 Å². The third kappa shape index (κ3) is 4.48. The van der Waals surface area contributed by atoms with Crippen molar-refractivity contribution >= 4 is 38.9 Å². The minimum absolute atomic E-state index is 0.0449. The lowest BCUT2D eigenvalue weighted by atomic mass is 10.0. The predicted molar refractivity (Wildman–Crippen MR) is 122 cm³/mol. The summed E-state index contributed by atoms with van der Waals surface area (Å²) in [6.07, 6.45) is 3.96. The number of anilines is 1. The van der Waals surface area contributed by atoms with Gasteiger partial charge in [0.1, 0.15) is 6.04 Å². The van der Waals surface area contributed by atoms with Gasteiger partial charge in [0.25, 0.3) is 5.91 Å². The molecule has 166 valence electrons. The SMILES string of the molecule is CCCC(NC(=O)c1ccc2c(c1)CCN2S(C)(=O)=O)C(=O)N1CCc2sccc2C1. The van der Waals surface area contributed by atoms with Crippen LogP contribution in [0.15, 0.2) is 29.6 Å². The summed E-state index contributed by atoms with van der Waals surface area (Å²) in [5.41, 5.74) is 3.10. The van der Waals surface area contributed by atoms with E-state index in [1.54, 1.807) is 29.5 Å². The Labute approximate surface area is 187 Å². The maximum Gasteiger partial charge on any atom is 0.251 e. The number of sulfonamides is 1. The van der Waals surface area contributed by atoms with E-state index in [1.165, 1.54) is 21.0 Å². The number of thiophene rings is 1. The first kappa shape index (κ1) is 21.8. The van der Waals surface area contributed by atoms with Gasteiger partial charge in [0.15, 0.2) is 0 Å². The number of carbonyl (C=O) groups is 2. The Balaban J connectivity index is 1.47. The third-order valence-electron chi connectivity index (χ3n) is 5.90. The van der Waals surface area contributed by atoms with Crippen molar-refractivity contribution in [3.8, 4) is 0 Å². The summed E-state index contributed by atoms with van der Waals surface area (Å²) >= 11 is 1.73. The lowest BCUT2D eigenvalue weighted by molar-refractivity contribution is -0.134. The number of hydrogen-bond donors (Lipinski definition) is 1. The van der Waals surface area contributed by atoms with Crippen LogP contribution >= 0.6 is 11.3 Å². The first-order valence-corrected chi connectivity index (χ1v) is 13.3. The molecular formula is C22H27N3O4S2. The number of nitrogens with one attached hydrogen (secondary N) is 1. The molecule has 0 fully saturated rings. The predicted octanol–water partition coefficient (Wildman–Crippen LogP) is 2.55. The standard InChI is InChI=1S/C22H27N3O4S2/c1-3-4-18(22(27)24-10-8-20-17(14-24)9-12-30-20)23-21(26)16-5-6-19-15(13-16)7-11-25(19)31(2,28)29/h5-6,9,12-13,18H,3-4,7-8,10-11,14H2,1-2H3,(H,23,26). The number of benzene rings is 1. The van der Waals surface area contributed by atoms with Gasteiger partial charge in [0.2, 0.25) is 15.9 Å². The van der Waals surface area contributed by atoms with E-state index in [0.29, 0.717) is 43.7 Å². The Hall–Kier alpha value is -2.39. The highest BCUT2D eigenvalue weighted by molar-refractivity contribution is 7.92. The van der Waals surface area contributed by atoms with E-state index < -0.39 is 16.1 Å².